The molecule has 0 aliphatic carbocycles. The molecule has 3 rings (SSSR count). The van der Waals surface area contributed by atoms with E-state index in [1.165, 1.54) is 11.8 Å². The average molecular weight is 375 g/mol. The van der Waals surface area contributed by atoms with Crippen LogP contribution in [0.2, 0.25) is 0 Å². The number of aryl methyl sites for hydroxylation is 1. The van der Waals surface area contributed by atoms with Crippen molar-refractivity contribution in [3.8, 4) is 0 Å². The molecule has 0 spiro atoms. The fraction of sp³-hybridized carbons (Fsp3) is 0.556. The summed E-state index contributed by atoms with van der Waals surface area (Å²) in [6.45, 7) is 2.75. The van der Waals surface area contributed by atoms with Crippen molar-refractivity contribution in [2.24, 2.45) is 7.05 Å². The van der Waals surface area contributed by atoms with Gasteiger partial charge in [0, 0.05) is 39.8 Å². The van der Waals surface area contributed by atoms with Crippen LogP contribution >= 0.6 is 0 Å². The molecule has 0 unspecified atom stereocenters. The number of hydrogen-bond acceptors (Lipinski definition) is 4. The molecule has 3 heterocycles. The van der Waals surface area contributed by atoms with E-state index in [1.807, 2.05) is 0 Å². The van der Waals surface area contributed by atoms with E-state index >= 15 is 0 Å². The van der Waals surface area contributed by atoms with E-state index in [1.54, 1.807) is 34.8 Å². The summed E-state index contributed by atoms with van der Waals surface area (Å²) in [6, 6.07) is 2.10. The second-order valence-corrected chi connectivity index (χ2v) is 6.98. The number of nitrogens with one attached hydrogen (secondary N) is 2. The zero-order valence-corrected chi connectivity index (χ0v) is 15.6. The lowest BCUT2D eigenvalue weighted by Gasteiger charge is -2.40. The summed E-state index contributed by atoms with van der Waals surface area (Å²) in [5.74, 6) is -1.03. The van der Waals surface area contributed by atoms with E-state index in [0.717, 1.165) is 6.42 Å². The van der Waals surface area contributed by atoms with Gasteiger partial charge >= 0.3 is 0 Å². The van der Waals surface area contributed by atoms with Crippen LogP contribution in [0.15, 0.2) is 18.3 Å². The third-order valence-electron chi connectivity index (χ3n) is 5.14. The molecule has 2 aliphatic heterocycles. The van der Waals surface area contributed by atoms with E-state index in [4.69, 9.17) is 0 Å². The van der Waals surface area contributed by atoms with Crippen molar-refractivity contribution in [1.82, 2.24) is 25.0 Å². The van der Waals surface area contributed by atoms with Crippen LogP contribution < -0.4 is 10.6 Å². The van der Waals surface area contributed by atoms with Gasteiger partial charge in [0.2, 0.25) is 17.7 Å². The van der Waals surface area contributed by atoms with Crippen LogP contribution in [0.5, 0.6) is 0 Å². The van der Waals surface area contributed by atoms with Crippen molar-refractivity contribution in [2.45, 2.75) is 31.8 Å². The summed E-state index contributed by atoms with van der Waals surface area (Å²) in [4.78, 5) is 52.5. The minimum absolute atomic E-state index is 0.101. The Morgan fingerprint density at radius 2 is 2.04 bits per heavy atom. The van der Waals surface area contributed by atoms with Crippen LogP contribution in [0, 0.1) is 0 Å². The Hall–Kier alpha value is -2.84. The number of rotatable bonds is 3. The summed E-state index contributed by atoms with van der Waals surface area (Å²) in [7, 11) is 1.78. The molecule has 1 aromatic heterocycles. The summed E-state index contributed by atoms with van der Waals surface area (Å²) >= 11 is 0. The first-order chi connectivity index (χ1) is 12.9. The Morgan fingerprint density at radius 3 is 2.67 bits per heavy atom. The smallest absolute Gasteiger partial charge is 0.270 e. The number of piperazine rings is 1. The highest BCUT2D eigenvalue weighted by atomic mass is 16.2. The Kier molecular flexibility index (Phi) is 5.48. The number of amides is 4. The Labute approximate surface area is 157 Å². The second kappa shape index (κ2) is 7.81. The minimum Gasteiger partial charge on any atom is -0.354 e. The van der Waals surface area contributed by atoms with Gasteiger partial charge in [-0.15, -0.1) is 0 Å². The van der Waals surface area contributed by atoms with Gasteiger partial charge in [-0.1, -0.05) is 0 Å². The van der Waals surface area contributed by atoms with Crippen molar-refractivity contribution < 1.29 is 19.2 Å². The Bertz CT molecular complexity index is 759. The highest BCUT2D eigenvalue weighted by Gasteiger charge is 2.38. The van der Waals surface area contributed by atoms with Gasteiger partial charge in [-0.2, -0.15) is 0 Å². The molecule has 9 nitrogen and oxygen atoms in total. The van der Waals surface area contributed by atoms with Gasteiger partial charge in [0.1, 0.15) is 17.8 Å². The van der Waals surface area contributed by atoms with Gasteiger partial charge in [0.25, 0.3) is 5.91 Å². The van der Waals surface area contributed by atoms with Crippen LogP contribution in [-0.4, -0.2) is 76.3 Å². The van der Waals surface area contributed by atoms with Crippen molar-refractivity contribution in [3.63, 3.8) is 0 Å². The molecule has 2 N–H and O–H groups in total. The van der Waals surface area contributed by atoms with Crippen molar-refractivity contribution in [3.05, 3.63) is 24.0 Å². The summed E-state index contributed by atoms with van der Waals surface area (Å²) < 4.78 is 1.72. The molecule has 2 fully saturated rings. The first-order valence-electron chi connectivity index (χ1n) is 9.14. The van der Waals surface area contributed by atoms with Crippen LogP contribution in [0.4, 0.5) is 0 Å². The standard InChI is InChI=1S/C18H25N5O4/c1-12(24)23-10-9-22(18(27)14-6-4-8-21(14)2)11-15(23)17(26)20-13-5-3-7-19-16(13)25/h4,6,8,13,15H,3,5,7,9-11H2,1-2H3,(H,19,25)(H,20,26)/t13-,15+/m1/s1. The fourth-order valence-corrected chi connectivity index (χ4v) is 3.59. The number of piperidine rings is 1. The van der Waals surface area contributed by atoms with Crippen molar-refractivity contribution >= 4 is 23.6 Å². The molecule has 0 bridgehead atoms. The van der Waals surface area contributed by atoms with Crippen molar-refractivity contribution in [1.29, 1.82) is 0 Å². The lowest BCUT2D eigenvalue weighted by Crippen LogP contribution is -2.63. The molecule has 0 aromatic carbocycles. The first kappa shape index (κ1) is 18.9. The molecular weight excluding hydrogens is 350 g/mol. The van der Waals surface area contributed by atoms with Crippen LogP contribution in [0.1, 0.15) is 30.3 Å². The van der Waals surface area contributed by atoms with E-state index in [-0.39, 0.29) is 30.8 Å². The van der Waals surface area contributed by atoms with Gasteiger partial charge in [0.15, 0.2) is 0 Å². The monoisotopic (exact) mass is 375 g/mol. The number of nitrogens with zero attached hydrogens (tertiary/aromatic N) is 3. The summed E-state index contributed by atoms with van der Waals surface area (Å²) in [5, 5.41) is 5.47. The highest BCUT2D eigenvalue weighted by Crippen LogP contribution is 2.15. The maximum Gasteiger partial charge on any atom is 0.270 e. The zero-order chi connectivity index (χ0) is 19.6. The maximum atomic E-state index is 12.8. The van der Waals surface area contributed by atoms with Gasteiger partial charge < -0.3 is 25.0 Å². The summed E-state index contributed by atoms with van der Waals surface area (Å²) in [6.07, 6.45) is 3.14. The third kappa shape index (κ3) is 3.96. The molecule has 2 aliphatic rings. The van der Waals surface area contributed by atoms with Gasteiger partial charge in [-0.3, -0.25) is 19.2 Å². The molecule has 9 heteroatoms. The lowest BCUT2D eigenvalue weighted by molar-refractivity contribution is -0.143. The number of carbonyl (C=O) groups is 4. The molecule has 0 radical (unpaired) electrons. The van der Waals surface area contributed by atoms with E-state index in [0.29, 0.717) is 25.2 Å². The van der Waals surface area contributed by atoms with Crippen molar-refractivity contribution in [2.75, 3.05) is 26.2 Å². The predicted molar refractivity (Wildman–Crippen MR) is 96.7 cm³/mol. The molecule has 2 saturated heterocycles. The highest BCUT2D eigenvalue weighted by molar-refractivity contribution is 5.95. The molecule has 27 heavy (non-hydrogen) atoms. The normalized spacial score (nSPS) is 23.0. The molecular formula is C18H25N5O4. The SMILES string of the molecule is CC(=O)N1CCN(C(=O)c2cccn2C)C[C@H]1C(=O)N[C@@H]1CCCNC1=O. The average Bonchev–Trinajstić information content (AvgIpc) is 3.08. The van der Waals surface area contributed by atoms with Crippen LogP contribution in [-0.2, 0) is 21.4 Å². The van der Waals surface area contributed by atoms with Gasteiger partial charge in [-0.05, 0) is 25.0 Å². The molecule has 0 saturated carbocycles. The van der Waals surface area contributed by atoms with Crippen LogP contribution in [0.25, 0.3) is 0 Å². The predicted octanol–water partition coefficient (Wildman–Crippen LogP) is -0.907. The largest absolute Gasteiger partial charge is 0.354 e. The van der Waals surface area contributed by atoms with E-state index in [2.05, 4.69) is 10.6 Å². The zero-order valence-electron chi connectivity index (χ0n) is 15.6. The topological polar surface area (TPSA) is 104 Å². The Balaban J connectivity index is 1.73. The quantitative estimate of drug-likeness (QED) is 0.714. The third-order valence-corrected chi connectivity index (χ3v) is 5.14. The van der Waals surface area contributed by atoms with E-state index < -0.39 is 18.0 Å². The number of aromatic nitrogens is 1. The lowest BCUT2D eigenvalue weighted by atomic mass is 10.0. The van der Waals surface area contributed by atoms with Crippen LogP contribution in [0.3, 0.4) is 0 Å². The second-order valence-electron chi connectivity index (χ2n) is 6.98. The number of hydrogen-bond donors (Lipinski definition) is 2. The molecule has 1 aromatic rings. The molecule has 2 atom stereocenters. The Morgan fingerprint density at radius 1 is 1.26 bits per heavy atom. The van der Waals surface area contributed by atoms with Gasteiger partial charge in [-0.25, -0.2) is 0 Å². The molecule has 146 valence electrons. The first-order valence-corrected chi connectivity index (χ1v) is 9.14. The molecule has 4 amide bonds. The van der Waals surface area contributed by atoms with E-state index in [9.17, 15) is 19.2 Å². The minimum atomic E-state index is -0.810. The number of carbonyl (C=O) groups excluding carboxylic acids is 4. The van der Waals surface area contributed by atoms with Gasteiger partial charge in [0.05, 0.1) is 6.54 Å². The fourth-order valence-electron chi connectivity index (χ4n) is 3.59. The summed E-state index contributed by atoms with van der Waals surface area (Å²) in [5.41, 5.74) is 0.525. The maximum absolute atomic E-state index is 12.8.